The van der Waals surface area contributed by atoms with Gasteiger partial charge in [0, 0.05) is 18.0 Å². The van der Waals surface area contributed by atoms with Crippen LogP contribution in [0.25, 0.3) is 0 Å². The van der Waals surface area contributed by atoms with Gasteiger partial charge < -0.3 is 4.98 Å². The second-order valence-electron chi connectivity index (χ2n) is 3.37. The molecule has 1 aromatic heterocycles. The molecule has 1 aliphatic rings. The van der Waals surface area contributed by atoms with Gasteiger partial charge in [0.2, 0.25) is 0 Å². The van der Waals surface area contributed by atoms with Crippen molar-refractivity contribution in [1.29, 1.82) is 0 Å². The average molecular weight is 148 g/mol. The van der Waals surface area contributed by atoms with E-state index in [4.69, 9.17) is 0 Å². The molecule has 0 saturated heterocycles. The second kappa shape index (κ2) is 3.12. The molecule has 0 unspecified atom stereocenters. The largest absolute Gasteiger partial charge is 0.364 e. The van der Waals surface area contributed by atoms with Crippen LogP contribution in [0.2, 0.25) is 0 Å². The van der Waals surface area contributed by atoms with Crippen molar-refractivity contribution in [2.24, 2.45) is 0 Å². The predicted molar refractivity (Wildman–Crippen MR) is 45.5 cm³/mol. The second-order valence-corrected chi connectivity index (χ2v) is 3.37. The molecule has 0 bridgehead atoms. The first-order chi connectivity index (χ1) is 5.47. The van der Waals surface area contributed by atoms with Crippen molar-refractivity contribution >= 4 is 0 Å². The quantitative estimate of drug-likeness (QED) is 0.630. The molecule has 0 spiro atoms. The highest BCUT2D eigenvalue weighted by Crippen LogP contribution is 2.30. The summed E-state index contributed by atoms with van der Waals surface area (Å²) in [5.41, 5.74) is 1.32. The highest BCUT2D eigenvalue weighted by molar-refractivity contribution is 5.08. The van der Waals surface area contributed by atoms with E-state index >= 15 is 0 Å². The summed E-state index contributed by atoms with van der Waals surface area (Å²) in [6.07, 6.45) is 8.92. The molecule has 2 rings (SSSR count). The lowest BCUT2D eigenvalue weighted by Gasteiger charge is -2.19. The molecular formula is C10H14N. The van der Waals surface area contributed by atoms with Crippen LogP contribution in [-0.4, -0.2) is 4.98 Å². The first-order valence-electron chi connectivity index (χ1n) is 4.52. The third kappa shape index (κ3) is 1.47. The Bertz CT molecular complexity index is 195. The minimum absolute atomic E-state index is 0.777. The standard InChI is InChI=1S/C10H14N/c1-2-5-9(6-3-1)10-7-4-8-11-10/h4,8-9,11H,1-3,5-6H2. The van der Waals surface area contributed by atoms with Crippen molar-refractivity contribution < 1.29 is 0 Å². The lowest BCUT2D eigenvalue weighted by molar-refractivity contribution is 0.437. The third-order valence-electron chi connectivity index (χ3n) is 2.57. The number of aromatic nitrogens is 1. The van der Waals surface area contributed by atoms with Crippen LogP contribution in [0, 0.1) is 6.07 Å². The summed E-state index contributed by atoms with van der Waals surface area (Å²) in [5.74, 6) is 0.777. The van der Waals surface area contributed by atoms with E-state index in [0.29, 0.717) is 0 Å². The van der Waals surface area contributed by atoms with Gasteiger partial charge in [0.15, 0.2) is 0 Å². The molecule has 1 saturated carbocycles. The Morgan fingerprint density at radius 1 is 1.27 bits per heavy atom. The van der Waals surface area contributed by atoms with Crippen LogP contribution in [0.3, 0.4) is 0 Å². The van der Waals surface area contributed by atoms with Crippen molar-refractivity contribution in [2.75, 3.05) is 0 Å². The predicted octanol–water partition coefficient (Wildman–Crippen LogP) is 2.86. The van der Waals surface area contributed by atoms with E-state index in [1.54, 1.807) is 0 Å². The smallest absolute Gasteiger partial charge is 0.0258 e. The Morgan fingerprint density at radius 2 is 2.09 bits per heavy atom. The van der Waals surface area contributed by atoms with Crippen molar-refractivity contribution in [1.82, 2.24) is 4.98 Å². The number of H-pyrrole nitrogens is 1. The van der Waals surface area contributed by atoms with E-state index in [0.717, 1.165) is 5.92 Å². The van der Waals surface area contributed by atoms with Gasteiger partial charge >= 0.3 is 0 Å². The van der Waals surface area contributed by atoms with E-state index in [9.17, 15) is 0 Å². The highest BCUT2D eigenvalue weighted by Gasteiger charge is 2.15. The van der Waals surface area contributed by atoms with Gasteiger partial charge in [-0.3, -0.25) is 0 Å². The summed E-state index contributed by atoms with van der Waals surface area (Å²) in [4.78, 5) is 3.25. The lowest BCUT2D eigenvalue weighted by Crippen LogP contribution is -2.04. The monoisotopic (exact) mass is 148 g/mol. The fourth-order valence-corrected chi connectivity index (χ4v) is 1.93. The van der Waals surface area contributed by atoms with E-state index < -0.39 is 0 Å². The van der Waals surface area contributed by atoms with Gasteiger partial charge in [-0.15, -0.1) is 0 Å². The minimum atomic E-state index is 0.777. The first kappa shape index (κ1) is 6.96. The Labute approximate surface area is 67.8 Å². The van der Waals surface area contributed by atoms with Crippen LogP contribution in [-0.2, 0) is 0 Å². The van der Waals surface area contributed by atoms with Gasteiger partial charge in [0.05, 0.1) is 0 Å². The van der Waals surface area contributed by atoms with Crippen LogP contribution < -0.4 is 0 Å². The highest BCUT2D eigenvalue weighted by atomic mass is 14.7. The Hall–Kier alpha value is -0.720. The van der Waals surface area contributed by atoms with E-state index in [-0.39, 0.29) is 0 Å². The molecule has 0 atom stereocenters. The van der Waals surface area contributed by atoms with Crippen LogP contribution in [0.15, 0.2) is 12.3 Å². The van der Waals surface area contributed by atoms with Crippen LogP contribution in [0.5, 0.6) is 0 Å². The zero-order valence-corrected chi connectivity index (χ0v) is 6.77. The summed E-state index contributed by atoms with van der Waals surface area (Å²) in [6.45, 7) is 0. The molecule has 1 N–H and O–H groups in total. The number of nitrogens with one attached hydrogen (secondary N) is 1. The topological polar surface area (TPSA) is 15.8 Å². The summed E-state index contributed by atoms with van der Waals surface area (Å²) in [6, 6.07) is 5.23. The maximum atomic E-state index is 3.25. The number of aromatic amines is 1. The summed E-state index contributed by atoms with van der Waals surface area (Å²) in [5, 5.41) is 0. The molecule has 1 aliphatic carbocycles. The molecule has 59 valence electrons. The Kier molecular flexibility index (Phi) is 1.97. The fourth-order valence-electron chi connectivity index (χ4n) is 1.93. The molecule has 0 aliphatic heterocycles. The summed E-state index contributed by atoms with van der Waals surface area (Å²) >= 11 is 0. The fraction of sp³-hybridized carbons (Fsp3) is 0.600. The van der Waals surface area contributed by atoms with Crippen LogP contribution in [0.1, 0.15) is 43.7 Å². The molecule has 1 nitrogen and oxygen atoms in total. The Balaban J connectivity index is 2.04. The van der Waals surface area contributed by atoms with Crippen molar-refractivity contribution in [3.05, 3.63) is 24.0 Å². The normalized spacial score (nSPS) is 20.4. The van der Waals surface area contributed by atoms with E-state index in [1.807, 2.05) is 12.3 Å². The molecule has 1 fully saturated rings. The van der Waals surface area contributed by atoms with Crippen molar-refractivity contribution in [2.45, 2.75) is 38.0 Å². The molecule has 1 radical (unpaired) electrons. The van der Waals surface area contributed by atoms with E-state index in [1.165, 1.54) is 37.8 Å². The first-order valence-corrected chi connectivity index (χ1v) is 4.52. The average Bonchev–Trinajstić information content (AvgIpc) is 2.58. The molecule has 11 heavy (non-hydrogen) atoms. The molecule has 0 amide bonds. The minimum Gasteiger partial charge on any atom is -0.364 e. The number of hydrogen-bond acceptors (Lipinski definition) is 0. The lowest BCUT2D eigenvalue weighted by atomic mass is 9.87. The van der Waals surface area contributed by atoms with Gasteiger partial charge in [-0.25, -0.2) is 0 Å². The van der Waals surface area contributed by atoms with Gasteiger partial charge in [0.1, 0.15) is 0 Å². The number of rotatable bonds is 1. The third-order valence-corrected chi connectivity index (χ3v) is 2.57. The molecule has 1 heteroatoms. The zero-order chi connectivity index (χ0) is 7.52. The van der Waals surface area contributed by atoms with Gasteiger partial charge in [0.25, 0.3) is 0 Å². The summed E-state index contributed by atoms with van der Waals surface area (Å²) in [7, 11) is 0. The van der Waals surface area contributed by atoms with Gasteiger partial charge in [-0.1, -0.05) is 19.3 Å². The van der Waals surface area contributed by atoms with Crippen molar-refractivity contribution in [3.8, 4) is 0 Å². The van der Waals surface area contributed by atoms with Crippen LogP contribution >= 0.6 is 0 Å². The van der Waals surface area contributed by atoms with E-state index in [2.05, 4.69) is 11.1 Å². The summed E-state index contributed by atoms with van der Waals surface area (Å²) < 4.78 is 0. The molecule has 1 heterocycles. The maximum absolute atomic E-state index is 3.25. The molecule has 0 aromatic carbocycles. The zero-order valence-electron chi connectivity index (χ0n) is 6.77. The van der Waals surface area contributed by atoms with Gasteiger partial charge in [-0.2, -0.15) is 0 Å². The maximum Gasteiger partial charge on any atom is 0.0258 e. The SMILES string of the molecule is [c]1cc[nH]c1C1CCCCC1. The Morgan fingerprint density at radius 3 is 2.73 bits per heavy atom. The van der Waals surface area contributed by atoms with Crippen LogP contribution in [0.4, 0.5) is 0 Å². The molecule has 1 aromatic rings. The van der Waals surface area contributed by atoms with Crippen molar-refractivity contribution in [3.63, 3.8) is 0 Å². The molecular weight excluding hydrogens is 134 g/mol. The number of hydrogen-bond donors (Lipinski definition) is 1. The van der Waals surface area contributed by atoms with Gasteiger partial charge in [-0.05, 0) is 24.8 Å².